The zero-order valence-corrected chi connectivity index (χ0v) is 19.4. The van der Waals surface area contributed by atoms with Crippen LogP contribution in [0.5, 0.6) is 0 Å². The number of rotatable bonds is 6. The lowest BCUT2D eigenvalue weighted by atomic mass is 9.97. The number of sulfonamides is 1. The van der Waals surface area contributed by atoms with E-state index in [1.807, 2.05) is 0 Å². The standard InChI is InChI=1S/C24H24F4N2O3S/c1-14(2)23(31)30-13-15(12-29-34(32,33)16-6-5-7-16)18-10-21(25)19(11-22(18)30)17-8-3-4-9-20(17)24(26,27)28/h3-4,8-11,13-14,16,29H,5-7,12H2,1-2H3. The molecule has 1 N–H and O–H groups in total. The van der Waals surface area contributed by atoms with Crippen molar-refractivity contribution >= 4 is 26.8 Å². The molecule has 0 atom stereocenters. The Morgan fingerprint density at radius 1 is 1.15 bits per heavy atom. The minimum atomic E-state index is -4.70. The van der Waals surface area contributed by atoms with E-state index in [2.05, 4.69) is 4.72 Å². The molecule has 0 saturated heterocycles. The number of carbonyl (C=O) groups excluding carboxylic acids is 1. The zero-order chi connectivity index (χ0) is 24.8. The van der Waals surface area contributed by atoms with E-state index in [0.717, 1.165) is 18.6 Å². The molecule has 0 bridgehead atoms. The number of hydrogen-bond donors (Lipinski definition) is 1. The second-order valence-corrected chi connectivity index (χ2v) is 10.9. The zero-order valence-electron chi connectivity index (χ0n) is 18.6. The quantitative estimate of drug-likeness (QED) is 0.443. The molecule has 10 heteroatoms. The van der Waals surface area contributed by atoms with E-state index in [1.54, 1.807) is 13.8 Å². The molecule has 1 aliphatic carbocycles. The summed E-state index contributed by atoms with van der Waals surface area (Å²) >= 11 is 0. The van der Waals surface area contributed by atoms with Crippen LogP contribution in [0.25, 0.3) is 22.0 Å². The van der Waals surface area contributed by atoms with Crippen molar-refractivity contribution in [1.29, 1.82) is 0 Å². The molecule has 1 aliphatic rings. The number of hydrogen-bond acceptors (Lipinski definition) is 3. The van der Waals surface area contributed by atoms with Gasteiger partial charge in [-0.2, -0.15) is 13.2 Å². The molecule has 1 aromatic heterocycles. The van der Waals surface area contributed by atoms with Crippen molar-refractivity contribution in [2.24, 2.45) is 5.92 Å². The predicted molar refractivity (Wildman–Crippen MR) is 121 cm³/mol. The fraction of sp³-hybridized carbons (Fsp3) is 0.375. The molecule has 0 unspecified atom stereocenters. The molecule has 0 aliphatic heterocycles. The highest BCUT2D eigenvalue weighted by Crippen LogP contribution is 2.39. The van der Waals surface area contributed by atoms with Gasteiger partial charge < -0.3 is 0 Å². The largest absolute Gasteiger partial charge is 0.417 e. The Hall–Kier alpha value is -2.72. The Morgan fingerprint density at radius 2 is 1.82 bits per heavy atom. The van der Waals surface area contributed by atoms with E-state index in [0.29, 0.717) is 18.4 Å². The molecule has 5 nitrogen and oxygen atoms in total. The van der Waals surface area contributed by atoms with Crippen LogP contribution in [0.15, 0.2) is 42.6 Å². The summed E-state index contributed by atoms with van der Waals surface area (Å²) in [5.41, 5.74) is -1.05. The molecule has 34 heavy (non-hydrogen) atoms. The van der Waals surface area contributed by atoms with Gasteiger partial charge in [-0.05, 0) is 42.2 Å². The van der Waals surface area contributed by atoms with Crippen LogP contribution in [0.4, 0.5) is 17.6 Å². The minimum absolute atomic E-state index is 0.161. The monoisotopic (exact) mass is 496 g/mol. The van der Waals surface area contributed by atoms with E-state index in [1.165, 1.54) is 35.0 Å². The van der Waals surface area contributed by atoms with Gasteiger partial charge in [-0.3, -0.25) is 9.36 Å². The molecule has 4 rings (SSSR count). The number of halogens is 4. The Kier molecular flexibility index (Phi) is 6.32. The van der Waals surface area contributed by atoms with Crippen LogP contribution in [-0.4, -0.2) is 24.1 Å². The molecule has 0 spiro atoms. The first-order valence-corrected chi connectivity index (χ1v) is 12.5. The minimum Gasteiger partial charge on any atom is -0.287 e. The van der Waals surface area contributed by atoms with Crippen LogP contribution < -0.4 is 4.72 Å². The van der Waals surface area contributed by atoms with Crippen molar-refractivity contribution in [1.82, 2.24) is 9.29 Å². The van der Waals surface area contributed by atoms with E-state index >= 15 is 4.39 Å². The summed E-state index contributed by atoms with van der Waals surface area (Å²) in [6.07, 6.45) is -1.30. The summed E-state index contributed by atoms with van der Waals surface area (Å²) in [4.78, 5) is 12.8. The second kappa shape index (κ2) is 8.81. The first-order chi connectivity index (χ1) is 15.9. The number of fused-ring (bicyclic) bond motifs is 1. The van der Waals surface area contributed by atoms with Crippen LogP contribution in [0.1, 0.15) is 49.0 Å². The molecule has 0 amide bonds. The summed E-state index contributed by atoms with van der Waals surface area (Å²) < 4.78 is 84.5. The van der Waals surface area contributed by atoms with Crippen molar-refractivity contribution in [2.45, 2.75) is 51.1 Å². The predicted octanol–water partition coefficient (Wildman–Crippen LogP) is 5.73. The average molecular weight is 497 g/mol. The Labute approximate surface area is 194 Å². The van der Waals surface area contributed by atoms with Gasteiger partial charge in [-0.25, -0.2) is 17.5 Å². The van der Waals surface area contributed by atoms with Crippen molar-refractivity contribution in [3.8, 4) is 11.1 Å². The van der Waals surface area contributed by atoms with E-state index < -0.39 is 38.7 Å². The smallest absolute Gasteiger partial charge is 0.287 e. The second-order valence-electron chi connectivity index (χ2n) is 8.83. The van der Waals surface area contributed by atoms with Gasteiger partial charge in [0.2, 0.25) is 15.9 Å². The first kappa shape index (κ1) is 24.4. The normalized spacial score (nSPS) is 15.1. The highest BCUT2D eigenvalue weighted by molar-refractivity contribution is 7.90. The van der Waals surface area contributed by atoms with Gasteiger partial charge in [0.15, 0.2) is 0 Å². The molecule has 182 valence electrons. The molecule has 2 aromatic carbocycles. The summed E-state index contributed by atoms with van der Waals surface area (Å²) in [6, 6.07) is 6.94. The maximum absolute atomic E-state index is 15.2. The van der Waals surface area contributed by atoms with E-state index in [4.69, 9.17) is 0 Å². The molecule has 3 aromatic rings. The molecule has 0 radical (unpaired) electrons. The maximum atomic E-state index is 15.2. The van der Waals surface area contributed by atoms with Crippen molar-refractivity contribution in [2.75, 3.05) is 0 Å². The van der Waals surface area contributed by atoms with E-state index in [-0.39, 0.29) is 34.5 Å². The number of aromatic nitrogens is 1. The summed E-state index contributed by atoms with van der Waals surface area (Å²) in [7, 11) is -3.56. The van der Waals surface area contributed by atoms with Crippen LogP contribution in [0.3, 0.4) is 0 Å². The highest BCUT2D eigenvalue weighted by Gasteiger charge is 2.34. The molecule has 1 heterocycles. The Balaban J connectivity index is 1.85. The molecule has 1 saturated carbocycles. The van der Waals surface area contributed by atoms with Gasteiger partial charge in [0.05, 0.1) is 16.3 Å². The average Bonchev–Trinajstić information content (AvgIpc) is 3.06. The molecular weight excluding hydrogens is 472 g/mol. The third kappa shape index (κ3) is 4.48. The van der Waals surface area contributed by atoms with Crippen LogP contribution in [0, 0.1) is 11.7 Å². The fourth-order valence-corrected chi connectivity index (χ4v) is 5.61. The summed E-state index contributed by atoms with van der Waals surface area (Å²) in [6.45, 7) is 3.17. The third-order valence-corrected chi connectivity index (χ3v) is 8.08. The van der Waals surface area contributed by atoms with E-state index in [9.17, 15) is 26.4 Å². The maximum Gasteiger partial charge on any atom is 0.417 e. The van der Waals surface area contributed by atoms with Gasteiger partial charge >= 0.3 is 6.18 Å². The van der Waals surface area contributed by atoms with Gasteiger partial charge in [0.1, 0.15) is 5.82 Å². The summed E-state index contributed by atoms with van der Waals surface area (Å²) in [5, 5.41) is -0.212. The number of nitrogens with zero attached hydrogens (tertiary/aromatic N) is 1. The number of benzene rings is 2. The summed E-state index contributed by atoms with van der Waals surface area (Å²) in [5.74, 6) is -1.70. The SMILES string of the molecule is CC(C)C(=O)n1cc(CNS(=O)(=O)C2CCC2)c2cc(F)c(-c3ccccc3C(F)(F)F)cc21. The van der Waals surface area contributed by atoms with Gasteiger partial charge in [-0.1, -0.05) is 38.5 Å². The lowest BCUT2D eigenvalue weighted by Gasteiger charge is -2.25. The number of nitrogens with one attached hydrogen (secondary N) is 1. The van der Waals surface area contributed by atoms with Gasteiger partial charge in [0.25, 0.3) is 0 Å². The van der Waals surface area contributed by atoms with Crippen LogP contribution in [-0.2, 0) is 22.7 Å². The Bertz CT molecular complexity index is 1360. The highest BCUT2D eigenvalue weighted by atomic mass is 32.2. The van der Waals surface area contributed by atoms with Crippen LogP contribution in [0.2, 0.25) is 0 Å². The van der Waals surface area contributed by atoms with Crippen LogP contribution >= 0.6 is 0 Å². The van der Waals surface area contributed by atoms with Crippen molar-refractivity contribution < 1.29 is 30.8 Å². The van der Waals surface area contributed by atoms with Gasteiger partial charge in [0, 0.05) is 29.6 Å². The van der Waals surface area contributed by atoms with Crippen molar-refractivity contribution in [3.63, 3.8) is 0 Å². The van der Waals surface area contributed by atoms with Crippen molar-refractivity contribution in [3.05, 3.63) is 59.5 Å². The molecule has 1 fully saturated rings. The Morgan fingerprint density at radius 3 is 2.41 bits per heavy atom. The number of carbonyl (C=O) groups is 1. The lowest BCUT2D eigenvalue weighted by Crippen LogP contribution is -2.38. The lowest BCUT2D eigenvalue weighted by molar-refractivity contribution is -0.137. The third-order valence-electron chi connectivity index (χ3n) is 6.18. The fourth-order valence-electron chi connectivity index (χ4n) is 4.06. The number of alkyl halides is 3. The first-order valence-electron chi connectivity index (χ1n) is 10.9. The molecular formula is C24H24F4N2O3S. The topological polar surface area (TPSA) is 68.2 Å². The van der Waals surface area contributed by atoms with Gasteiger partial charge in [-0.15, -0.1) is 0 Å².